The molecule has 2 aromatic carbocycles. The van der Waals surface area contributed by atoms with Crippen molar-refractivity contribution in [2.75, 3.05) is 21.3 Å². The standard InChI is InChI=1S/C16H17BrO5/c1-9(18)22-8-11-5-10-6-12(19-2)7-13(20-3)14(10)16(21-4)15(11)17/h5-7H,8H2,1-4H3. The van der Waals surface area contributed by atoms with Crippen LogP contribution in [-0.4, -0.2) is 27.3 Å². The van der Waals surface area contributed by atoms with Gasteiger partial charge in [0.25, 0.3) is 0 Å². The number of benzene rings is 2. The van der Waals surface area contributed by atoms with Gasteiger partial charge in [-0.25, -0.2) is 0 Å². The Morgan fingerprint density at radius 3 is 2.36 bits per heavy atom. The molecule has 0 unspecified atom stereocenters. The Hall–Kier alpha value is -1.95. The first-order valence-corrected chi connectivity index (χ1v) is 7.35. The highest BCUT2D eigenvalue weighted by molar-refractivity contribution is 9.10. The fourth-order valence-corrected chi connectivity index (χ4v) is 2.82. The molecule has 0 heterocycles. The molecular weight excluding hydrogens is 352 g/mol. The quantitative estimate of drug-likeness (QED) is 0.753. The molecule has 0 aliphatic heterocycles. The lowest BCUT2D eigenvalue weighted by Gasteiger charge is -2.16. The number of carbonyl (C=O) groups is 1. The summed E-state index contributed by atoms with van der Waals surface area (Å²) < 4.78 is 22.1. The van der Waals surface area contributed by atoms with Crippen LogP contribution in [0.2, 0.25) is 0 Å². The first kappa shape index (κ1) is 16.4. The molecule has 0 aliphatic rings. The molecule has 0 bridgehead atoms. The molecule has 0 spiro atoms. The Balaban J connectivity index is 2.70. The van der Waals surface area contributed by atoms with E-state index in [2.05, 4.69) is 15.9 Å². The monoisotopic (exact) mass is 368 g/mol. The molecule has 2 aromatic rings. The van der Waals surface area contributed by atoms with Crippen LogP contribution in [0.15, 0.2) is 22.7 Å². The third kappa shape index (κ3) is 3.11. The van der Waals surface area contributed by atoms with Gasteiger partial charge >= 0.3 is 5.97 Å². The summed E-state index contributed by atoms with van der Waals surface area (Å²) in [5.41, 5.74) is 0.801. The fraction of sp³-hybridized carbons (Fsp3) is 0.312. The van der Waals surface area contributed by atoms with Gasteiger partial charge < -0.3 is 18.9 Å². The molecular formula is C16H17BrO5. The summed E-state index contributed by atoms with van der Waals surface area (Å²) in [6.07, 6.45) is 0. The fourth-order valence-electron chi connectivity index (χ4n) is 2.23. The lowest BCUT2D eigenvalue weighted by Crippen LogP contribution is -2.01. The number of fused-ring (bicyclic) bond motifs is 1. The van der Waals surface area contributed by atoms with Crippen LogP contribution >= 0.6 is 15.9 Å². The number of ether oxygens (including phenoxy) is 4. The number of carbonyl (C=O) groups excluding carboxylic acids is 1. The molecule has 0 atom stereocenters. The number of esters is 1. The van der Waals surface area contributed by atoms with E-state index in [4.69, 9.17) is 18.9 Å². The Morgan fingerprint density at radius 1 is 1.09 bits per heavy atom. The van der Waals surface area contributed by atoms with Crippen molar-refractivity contribution in [3.05, 3.63) is 28.2 Å². The van der Waals surface area contributed by atoms with Gasteiger partial charge in [-0.2, -0.15) is 0 Å². The largest absolute Gasteiger partial charge is 0.497 e. The second-order valence-corrected chi connectivity index (χ2v) is 5.38. The molecule has 22 heavy (non-hydrogen) atoms. The van der Waals surface area contributed by atoms with Crippen LogP contribution in [0.25, 0.3) is 10.8 Å². The molecule has 0 N–H and O–H groups in total. The van der Waals surface area contributed by atoms with E-state index >= 15 is 0 Å². The summed E-state index contributed by atoms with van der Waals surface area (Å²) in [5.74, 6) is 1.60. The highest BCUT2D eigenvalue weighted by atomic mass is 79.9. The van der Waals surface area contributed by atoms with Crippen molar-refractivity contribution in [2.24, 2.45) is 0 Å². The van der Waals surface area contributed by atoms with E-state index in [-0.39, 0.29) is 12.6 Å². The van der Waals surface area contributed by atoms with E-state index in [1.54, 1.807) is 27.4 Å². The Bertz CT molecular complexity index is 711. The maximum atomic E-state index is 11.0. The second-order valence-electron chi connectivity index (χ2n) is 4.59. The van der Waals surface area contributed by atoms with Crippen LogP contribution in [-0.2, 0) is 16.1 Å². The minimum atomic E-state index is -0.339. The van der Waals surface area contributed by atoms with Crippen molar-refractivity contribution in [3.8, 4) is 17.2 Å². The molecule has 0 radical (unpaired) electrons. The molecule has 0 aromatic heterocycles. The van der Waals surface area contributed by atoms with Gasteiger partial charge in [-0.05, 0) is 33.4 Å². The minimum absolute atomic E-state index is 0.155. The van der Waals surface area contributed by atoms with Crippen molar-refractivity contribution in [3.63, 3.8) is 0 Å². The van der Waals surface area contributed by atoms with Gasteiger partial charge in [0, 0.05) is 18.6 Å². The van der Waals surface area contributed by atoms with E-state index in [0.717, 1.165) is 20.8 Å². The van der Waals surface area contributed by atoms with Gasteiger partial charge in [0.2, 0.25) is 0 Å². The zero-order chi connectivity index (χ0) is 16.3. The van der Waals surface area contributed by atoms with Crippen LogP contribution in [0, 0.1) is 0 Å². The van der Waals surface area contributed by atoms with Crippen LogP contribution < -0.4 is 14.2 Å². The average molecular weight is 369 g/mol. The van der Waals surface area contributed by atoms with E-state index in [1.807, 2.05) is 12.1 Å². The SMILES string of the molecule is COc1cc(OC)c2c(OC)c(Br)c(COC(C)=O)cc2c1. The van der Waals surface area contributed by atoms with E-state index in [1.165, 1.54) is 6.92 Å². The zero-order valence-corrected chi connectivity index (χ0v) is 14.4. The summed E-state index contributed by atoms with van der Waals surface area (Å²) in [5, 5.41) is 1.70. The molecule has 0 fully saturated rings. The normalized spacial score (nSPS) is 10.4. The first-order valence-electron chi connectivity index (χ1n) is 6.56. The maximum absolute atomic E-state index is 11.0. The molecule has 2 rings (SSSR count). The zero-order valence-electron chi connectivity index (χ0n) is 12.9. The lowest BCUT2D eigenvalue weighted by atomic mass is 10.0. The third-order valence-electron chi connectivity index (χ3n) is 3.23. The highest BCUT2D eigenvalue weighted by Gasteiger charge is 2.17. The Labute approximate surface area is 137 Å². The lowest BCUT2D eigenvalue weighted by molar-refractivity contribution is -0.142. The van der Waals surface area contributed by atoms with E-state index in [0.29, 0.717) is 17.2 Å². The first-order chi connectivity index (χ1) is 10.5. The molecule has 0 aliphatic carbocycles. The maximum Gasteiger partial charge on any atom is 0.302 e. The van der Waals surface area contributed by atoms with Gasteiger partial charge in [0.15, 0.2) is 0 Å². The van der Waals surface area contributed by atoms with Gasteiger partial charge in [-0.1, -0.05) is 0 Å². The highest BCUT2D eigenvalue weighted by Crippen LogP contribution is 2.43. The van der Waals surface area contributed by atoms with Crippen LogP contribution in [0.4, 0.5) is 0 Å². The third-order valence-corrected chi connectivity index (χ3v) is 4.10. The molecule has 118 valence electrons. The summed E-state index contributed by atoms with van der Waals surface area (Å²) >= 11 is 3.51. The van der Waals surface area contributed by atoms with Crippen LogP contribution in [0.1, 0.15) is 12.5 Å². The van der Waals surface area contributed by atoms with Crippen LogP contribution in [0.3, 0.4) is 0 Å². The number of hydrogen-bond donors (Lipinski definition) is 0. The van der Waals surface area contributed by atoms with Crippen molar-refractivity contribution in [1.29, 1.82) is 0 Å². The number of hydrogen-bond acceptors (Lipinski definition) is 5. The average Bonchev–Trinajstić information content (AvgIpc) is 2.51. The number of rotatable bonds is 5. The number of methoxy groups -OCH3 is 3. The molecule has 5 nitrogen and oxygen atoms in total. The smallest absolute Gasteiger partial charge is 0.302 e. The van der Waals surface area contributed by atoms with E-state index < -0.39 is 0 Å². The summed E-state index contributed by atoms with van der Waals surface area (Å²) in [7, 11) is 4.77. The molecule has 0 amide bonds. The second kappa shape index (κ2) is 6.87. The van der Waals surface area contributed by atoms with Crippen molar-refractivity contribution >= 4 is 32.7 Å². The van der Waals surface area contributed by atoms with E-state index in [9.17, 15) is 4.79 Å². The number of halogens is 1. The molecule has 6 heteroatoms. The Morgan fingerprint density at radius 2 is 1.82 bits per heavy atom. The topological polar surface area (TPSA) is 54.0 Å². The summed E-state index contributed by atoms with van der Waals surface area (Å²) in [6, 6.07) is 5.59. The summed E-state index contributed by atoms with van der Waals surface area (Å²) in [4.78, 5) is 11.0. The predicted molar refractivity (Wildman–Crippen MR) is 86.8 cm³/mol. The van der Waals surface area contributed by atoms with Crippen molar-refractivity contribution in [1.82, 2.24) is 0 Å². The van der Waals surface area contributed by atoms with Crippen LogP contribution in [0.5, 0.6) is 17.2 Å². The van der Waals surface area contributed by atoms with Gasteiger partial charge in [0.1, 0.15) is 23.9 Å². The molecule has 0 saturated heterocycles. The predicted octanol–water partition coefficient (Wildman–Crippen LogP) is 3.69. The van der Waals surface area contributed by atoms with Crippen molar-refractivity contribution < 1.29 is 23.7 Å². The van der Waals surface area contributed by atoms with Gasteiger partial charge in [-0.3, -0.25) is 4.79 Å². The Kier molecular flexibility index (Phi) is 5.13. The van der Waals surface area contributed by atoms with Gasteiger partial charge in [0.05, 0.1) is 31.2 Å². The minimum Gasteiger partial charge on any atom is -0.497 e. The summed E-state index contributed by atoms with van der Waals surface area (Å²) in [6.45, 7) is 1.53. The molecule has 0 saturated carbocycles. The van der Waals surface area contributed by atoms with Gasteiger partial charge in [-0.15, -0.1) is 0 Å². The van der Waals surface area contributed by atoms with Crippen molar-refractivity contribution in [2.45, 2.75) is 13.5 Å².